The van der Waals surface area contributed by atoms with E-state index in [9.17, 15) is 0 Å². The fraction of sp³-hybridized carbons (Fsp3) is 0.357. The number of thiazole rings is 1. The number of nitrogen functional groups attached to an aromatic ring is 1. The first-order chi connectivity index (χ1) is 9.10. The van der Waals surface area contributed by atoms with Gasteiger partial charge in [-0.2, -0.15) is 0 Å². The summed E-state index contributed by atoms with van der Waals surface area (Å²) in [5, 5.41) is 0. The van der Waals surface area contributed by atoms with Crippen LogP contribution in [0.25, 0.3) is 0 Å². The molecule has 0 unspecified atom stereocenters. The van der Waals surface area contributed by atoms with Gasteiger partial charge in [-0.15, -0.1) is 11.3 Å². The van der Waals surface area contributed by atoms with Crippen molar-refractivity contribution in [1.82, 2.24) is 4.98 Å². The third kappa shape index (κ3) is 3.38. The molecule has 0 amide bonds. The van der Waals surface area contributed by atoms with Gasteiger partial charge in [0.05, 0.1) is 24.4 Å². The zero-order valence-electron chi connectivity index (χ0n) is 11.5. The van der Waals surface area contributed by atoms with Gasteiger partial charge in [-0.1, -0.05) is 0 Å². The number of nitrogens with two attached hydrogens (primary N) is 1. The summed E-state index contributed by atoms with van der Waals surface area (Å²) >= 11 is 1.68. The van der Waals surface area contributed by atoms with Gasteiger partial charge in [-0.25, -0.2) is 4.98 Å². The largest absolute Gasteiger partial charge is 0.494 e. The summed E-state index contributed by atoms with van der Waals surface area (Å²) in [5.41, 5.74) is 10.7. The van der Waals surface area contributed by atoms with E-state index in [1.807, 2.05) is 44.6 Å². The highest BCUT2D eigenvalue weighted by molar-refractivity contribution is 7.09. The second-order valence-electron chi connectivity index (χ2n) is 4.41. The lowest BCUT2D eigenvalue weighted by Crippen LogP contribution is -2.16. The van der Waals surface area contributed by atoms with Gasteiger partial charge in [-0.3, -0.25) is 0 Å². The number of hydrogen-bond acceptors (Lipinski definition) is 5. The second-order valence-corrected chi connectivity index (χ2v) is 5.35. The maximum atomic E-state index is 5.91. The Balaban J connectivity index is 2.18. The van der Waals surface area contributed by atoms with Crippen molar-refractivity contribution in [2.75, 3.05) is 24.3 Å². The first kappa shape index (κ1) is 13.7. The molecular formula is C14H19N3OS. The highest BCUT2D eigenvalue weighted by atomic mass is 32.1. The summed E-state index contributed by atoms with van der Waals surface area (Å²) < 4.78 is 5.52. The van der Waals surface area contributed by atoms with Crippen molar-refractivity contribution >= 4 is 22.7 Å². The molecule has 1 heterocycles. The summed E-state index contributed by atoms with van der Waals surface area (Å²) in [6.45, 7) is 5.46. The van der Waals surface area contributed by atoms with Crippen molar-refractivity contribution in [2.24, 2.45) is 0 Å². The summed E-state index contributed by atoms with van der Waals surface area (Å²) in [7, 11) is 2.05. The summed E-state index contributed by atoms with van der Waals surface area (Å²) in [5.74, 6) is 0.811. The molecule has 2 rings (SSSR count). The average Bonchev–Trinajstić information content (AvgIpc) is 2.75. The minimum absolute atomic E-state index is 0.639. The van der Waals surface area contributed by atoms with Crippen molar-refractivity contribution in [3.8, 4) is 5.75 Å². The lowest BCUT2D eigenvalue weighted by molar-refractivity contribution is 0.340. The molecule has 2 aromatic rings. The van der Waals surface area contributed by atoms with Gasteiger partial charge in [0, 0.05) is 35.4 Å². The van der Waals surface area contributed by atoms with Gasteiger partial charge in [0.25, 0.3) is 0 Å². The lowest BCUT2D eigenvalue weighted by Gasteiger charge is -2.20. The molecule has 5 heteroatoms. The molecule has 0 radical (unpaired) electrons. The van der Waals surface area contributed by atoms with Gasteiger partial charge in [0.15, 0.2) is 0 Å². The van der Waals surface area contributed by atoms with Gasteiger partial charge in [-0.05, 0) is 19.9 Å². The fourth-order valence-corrected chi connectivity index (χ4v) is 2.69. The average molecular weight is 277 g/mol. The number of anilines is 2. The van der Waals surface area contributed by atoms with Crippen molar-refractivity contribution < 1.29 is 4.74 Å². The SMILES string of the molecule is CCOc1cc(N)cc(N(C)Cc2scnc2C)c1. The van der Waals surface area contributed by atoms with E-state index >= 15 is 0 Å². The Morgan fingerprint density at radius 1 is 1.37 bits per heavy atom. The maximum Gasteiger partial charge on any atom is 0.123 e. The van der Waals surface area contributed by atoms with Crippen LogP contribution in [0.3, 0.4) is 0 Å². The predicted octanol–water partition coefficient (Wildman–Crippen LogP) is 3.07. The Morgan fingerprint density at radius 3 is 2.79 bits per heavy atom. The van der Waals surface area contributed by atoms with Gasteiger partial charge in [0.1, 0.15) is 5.75 Å². The zero-order valence-corrected chi connectivity index (χ0v) is 12.3. The van der Waals surface area contributed by atoms with Crippen molar-refractivity contribution in [1.29, 1.82) is 0 Å². The molecule has 102 valence electrons. The summed E-state index contributed by atoms with van der Waals surface area (Å²) in [6, 6.07) is 5.81. The molecule has 0 spiro atoms. The van der Waals surface area contributed by atoms with E-state index in [4.69, 9.17) is 10.5 Å². The van der Waals surface area contributed by atoms with Gasteiger partial charge < -0.3 is 15.4 Å². The van der Waals surface area contributed by atoms with Crippen molar-refractivity contribution in [2.45, 2.75) is 20.4 Å². The van der Waals surface area contributed by atoms with Crippen LogP contribution < -0.4 is 15.4 Å². The van der Waals surface area contributed by atoms with E-state index in [1.165, 1.54) is 4.88 Å². The monoisotopic (exact) mass is 277 g/mol. The smallest absolute Gasteiger partial charge is 0.123 e. The third-order valence-electron chi connectivity index (χ3n) is 2.89. The number of rotatable bonds is 5. The number of nitrogens with zero attached hydrogens (tertiary/aromatic N) is 2. The molecular weight excluding hydrogens is 258 g/mol. The van der Waals surface area contributed by atoms with Gasteiger partial charge in [0.2, 0.25) is 0 Å². The molecule has 2 N–H and O–H groups in total. The van der Waals surface area contributed by atoms with E-state index < -0.39 is 0 Å². The summed E-state index contributed by atoms with van der Waals surface area (Å²) in [4.78, 5) is 7.69. The standard InChI is InChI=1S/C14H19N3OS/c1-4-18-13-6-11(15)5-12(7-13)17(3)8-14-10(2)16-9-19-14/h5-7,9H,4,8,15H2,1-3H3. The van der Waals surface area contributed by atoms with Crippen LogP contribution in [0.15, 0.2) is 23.7 Å². The van der Waals surface area contributed by atoms with Crippen LogP contribution in [-0.4, -0.2) is 18.6 Å². The minimum Gasteiger partial charge on any atom is -0.494 e. The molecule has 1 aromatic carbocycles. The molecule has 0 aliphatic carbocycles. The number of aromatic nitrogens is 1. The Hall–Kier alpha value is -1.75. The highest BCUT2D eigenvalue weighted by Crippen LogP contribution is 2.27. The van der Waals surface area contributed by atoms with Crippen LogP contribution in [0.2, 0.25) is 0 Å². The fourth-order valence-electron chi connectivity index (χ4n) is 1.86. The first-order valence-electron chi connectivity index (χ1n) is 6.23. The molecule has 19 heavy (non-hydrogen) atoms. The third-order valence-corrected chi connectivity index (χ3v) is 3.81. The number of benzene rings is 1. The molecule has 0 aliphatic heterocycles. The van der Waals surface area contributed by atoms with E-state index in [-0.39, 0.29) is 0 Å². The first-order valence-corrected chi connectivity index (χ1v) is 7.11. The molecule has 4 nitrogen and oxygen atoms in total. The van der Waals surface area contributed by atoms with Crippen molar-refractivity contribution in [3.63, 3.8) is 0 Å². The van der Waals surface area contributed by atoms with Crippen LogP contribution in [0.5, 0.6) is 5.75 Å². The van der Waals surface area contributed by atoms with Crippen LogP contribution in [0.1, 0.15) is 17.5 Å². The zero-order chi connectivity index (χ0) is 13.8. The Labute approximate surface area is 117 Å². The number of hydrogen-bond donors (Lipinski definition) is 1. The Bertz CT molecular complexity index is 553. The van der Waals surface area contributed by atoms with E-state index in [2.05, 4.69) is 9.88 Å². The van der Waals surface area contributed by atoms with E-state index in [0.717, 1.165) is 23.7 Å². The number of ether oxygens (including phenoxy) is 1. The molecule has 0 atom stereocenters. The summed E-state index contributed by atoms with van der Waals surface area (Å²) in [6.07, 6.45) is 0. The topological polar surface area (TPSA) is 51.4 Å². The highest BCUT2D eigenvalue weighted by Gasteiger charge is 2.08. The molecule has 0 bridgehead atoms. The van der Waals surface area contributed by atoms with Crippen LogP contribution >= 0.6 is 11.3 Å². The maximum absolute atomic E-state index is 5.91. The molecule has 0 saturated carbocycles. The quantitative estimate of drug-likeness (QED) is 0.853. The number of aryl methyl sites for hydroxylation is 1. The molecule has 0 aliphatic rings. The van der Waals surface area contributed by atoms with E-state index in [1.54, 1.807) is 11.3 Å². The minimum atomic E-state index is 0.639. The molecule has 1 aromatic heterocycles. The Morgan fingerprint density at radius 2 is 2.16 bits per heavy atom. The van der Waals surface area contributed by atoms with Crippen molar-refractivity contribution in [3.05, 3.63) is 34.3 Å². The molecule has 0 saturated heterocycles. The van der Waals surface area contributed by atoms with E-state index in [0.29, 0.717) is 12.3 Å². The predicted molar refractivity (Wildman–Crippen MR) is 81.0 cm³/mol. The Kier molecular flexibility index (Phi) is 4.27. The normalized spacial score (nSPS) is 10.5. The lowest BCUT2D eigenvalue weighted by atomic mass is 10.2. The van der Waals surface area contributed by atoms with Crippen LogP contribution in [0.4, 0.5) is 11.4 Å². The van der Waals surface area contributed by atoms with Crippen LogP contribution in [0, 0.1) is 6.92 Å². The van der Waals surface area contributed by atoms with Crippen LogP contribution in [-0.2, 0) is 6.54 Å². The second kappa shape index (κ2) is 5.93. The van der Waals surface area contributed by atoms with Gasteiger partial charge >= 0.3 is 0 Å². The molecule has 0 fully saturated rings.